The predicted molar refractivity (Wildman–Crippen MR) is 75.2 cm³/mol. The summed E-state index contributed by atoms with van der Waals surface area (Å²) < 4.78 is 7.37. The van der Waals surface area contributed by atoms with Gasteiger partial charge in [-0.25, -0.2) is 4.98 Å². The molecule has 3 aromatic rings. The van der Waals surface area contributed by atoms with E-state index in [-0.39, 0.29) is 0 Å². The molecule has 0 fully saturated rings. The van der Waals surface area contributed by atoms with E-state index in [1.807, 2.05) is 42.0 Å². The molecule has 0 saturated carbocycles. The van der Waals surface area contributed by atoms with Crippen LogP contribution in [0, 0.1) is 6.92 Å². The quantitative estimate of drug-likeness (QED) is 0.730. The van der Waals surface area contributed by atoms with Crippen molar-refractivity contribution in [3.05, 3.63) is 53.9 Å². The molecule has 102 valence electrons. The molecule has 5 heteroatoms. The van der Waals surface area contributed by atoms with E-state index in [0.717, 1.165) is 17.8 Å². The number of benzene rings is 1. The first-order valence-corrected chi connectivity index (χ1v) is 6.66. The highest BCUT2D eigenvalue weighted by atomic mass is 16.5. The van der Waals surface area contributed by atoms with Crippen LogP contribution in [-0.4, -0.2) is 19.7 Å². The molecular weight excluding hydrogens is 252 g/mol. The van der Waals surface area contributed by atoms with E-state index in [4.69, 9.17) is 4.52 Å². The van der Waals surface area contributed by atoms with Crippen molar-refractivity contribution in [3.8, 4) is 11.5 Å². The van der Waals surface area contributed by atoms with Gasteiger partial charge in [-0.15, -0.1) is 0 Å². The second-order valence-corrected chi connectivity index (χ2v) is 4.71. The average molecular weight is 268 g/mol. The third-order valence-electron chi connectivity index (χ3n) is 3.16. The van der Waals surface area contributed by atoms with Crippen LogP contribution < -0.4 is 0 Å². The van der Waals surface area contributed by atoms with Gasteiger partial charge in [0.05, 0.1) is 6.54 Å². The number of nitrogens with zero attached hydrogens (tertiary/aromatic N) is 4. The Morgan fingerprint density at radius 3 is 3.00 bits per heavy atom. The molecule has 0 radical (unpaired) electrons. The average Bonchev–Trinajstić information content (AvgIpc) is 3.08. The minimum absolute atomic E-state index is 0.557. The monoisotopic (exact) mass is 268 g/mol. The second kappa shape index (κ2) is 5.28. The lowest BCUT2D eigenvalue weighted by Crippen LogP contribution is -2.04. The SMILES string of the molecule is CCc1nccn1Cc1noc(-c2cccc(C)c2)n1. The number of aromatic nitrogens is 4. The lowest BCUT2D eigenvalue weighted by molar-refractivity contribution is 0.420. The van der Waals surface area contributed by atoms with Crippen LogP contribution in [0.1, 0.15) is 24.1 Å². The molecule has 0 aliphatic heterocycles. The van der Waals surface area contributed by atoms with Gasteiger partial charge >= 0.3 is 0 Å². The Morgan fingerprint density at radius 2 is 2.20 bits per heavy atom. The van der Waals surface area contributed by atoms with Crippen LogP contribution in [-0.2, 0) is 13.0 Å². The fraction of sp³-hybridized carbons (Fsp3) is 0.267. The van der Waals surface area contributed by atoms with E-state index in [0.29, 0.717) is 18.3 Å². The first-order chi connectivity index (χ1) is 9.76. The zero-order valence-electron chi connectivity index (χ0n) is 11.6. The van der Waals surface area contributed by atoms with Crippen molar-refractivity contribution in [3.63, 3.8) is 0 Å². The molecular formula is C15H16N4O. The van der Waals surface area contributed by atoms with E-state index in [9.17, 15) is 0 Å². The smallest absolute Gasteiger partial charge is 0.257 e. The number of aryl methyl sites for hydroxylation is 2. The molecule has 3 rings (SSSR count). The van der Waals surface area contributed by atoms with Gasteiger partial charge in [-0.3, -0.25) is 0 Å². The van der Waals surface area contributed by atoms with Gasteiger partial charge in [0.1, 0.15) is 5.82 Å². The number of rotatable bonds is 4. The summed E-state index contributed by atoms with van der Waals surface area (Å²) in [6, 6.07) is 8.03. The third kappa shape index (κ3) is 2.47. The standard InChI is InChI=1S/C15H16N4O/c1-3-14-16-7-8-19(14)10-13-17-15(20-18-13)12-6-4-5-11(2)9-12/h4-9H,3,10H2,1-2H3. The number of hydrogen-bond acceptors (Lipinski definition) is 4. The summed E-state index contributed by atoms with van der Waals surface area (Å²) in [5.74, 6) is 2.24. The predicted octanol–water partition coefficient (Wildman–Crippen LogP) is 2.85. The molecule has 0 unspecified atom stereocenters. The maximum atomic E-state index is 5.33. The van der Waals surface area contributed by atoms with E-state index in [1.165, 1.54) is 5.56 Å². The summed E-state index contributed by atoms with van der Waals surface area (Å²) in [5, 5.41) is 4.04. The Bertz CT molecular complexity index is 714. The largest absolute Gasteiger partial charge is 0.334 e. The van der Waals surface area contributed by atoms with Crippen molar-refractivity contribution in [1.82, 2.24) is 19.7 Å². The van der Waals surface area contributed by atoms with Crippen molar-refractivity contribution < 1.29 is 4.52 Å². The minimum Gasteiger partial charge on any atom is -0.334 e. The molecule has 0 amide bonds. The summed E-state index contributed by atoms with van der Waals surface area (Å²) >= 11 is 0. The Kier molecular flexibility index (Phi) is 3.33. The number of imidazole rings is 1. The van der Waals surface area contributed by atoms with Gasteiger partial charge in [0.2, 0.25) is 0 Å². The Balaban J connectivity index is 1.84. The van der Waals surface area contributed by atoms with E-state index in [1.54, 1.807) is 6.20 Å². The molecule has 0 aliphatic rings. The van der Waals surface area contributed by atoms with E-state index < -0.39 is 0 Å². The third-order valence-corrected chi connectivity index (χ3v) is 3.16. The minimum atomic E-state index is 0.557. The molecule has 0 N–H and O–H groups in total. The molecule has 0 aliphatic carbocycles. The van der Waals surface area contributed by atoms with Crippen molar-refractivity contribution >= 4 is 0 Å². The first-order valence-electron chi connectivity index (χ1n) is 6.66. The van der Waals surface area contributed by atoms with Gasteiger partial charge in [-0.2, -0.15) is 4.98 Å². The highest BCUT2D eigenvalue weighted by Gasteiger charge is 2.10. The molecule has 0 atom stereocenters. The molecule has 2 aromatic heterocycles. The lowest BCUT2D eigenvalue weighted by Gasteiger charge is -2.01. The first kappa shape index (κ1) is 12.6. The highest BCUT2D eigenvalue weighted by molar-refractivity contribution is 5.53. The normalized spacial score (nSPS) is 10.9. The van der Waals surface area contributed by atoms with Gasteiger partial charge in [-0.1, -0.05) is 29.8 Å². The fourth-order valence-corrected chi connectivity index (χ4v) is 2.16. The summed E-state index contributed by atoms with van der Waals surface area (Å²) in [6.45, 7) is 4.70. The fourth-order valence-electron chi connectivity index (χ4n) is 2.16. The summed E-state index contributed by atoms with van der Waals surface area (Å²) in [7, 11) is 0. The van der Waals surface area contributed by atoms with Crippen LogP contribution in [0.15, 0.2) is 41.2 Å². The molecule has 5 nitrogen and oxygen atoms in total. The second-order valence-electron chi connectivity index (χ2n) is 4.71. The number of hydrogen-bond donors (Lipinski definition) is 0. The molecule has 0 bridgehead atoms. The Labute approximate surface area is 117 Å². The maximum absolute atomic E-state index is 5.33. The van der Waals surface area contributed by atoms with Gasteiger partial charge < -0.3 is 9.09 Å². The molecule has 0 saturated heterocycles. The van der Waals surface area contributed by atoms with Crippen LogP contribution in [0.2, 0.25) is 0 Å². The van der Waals surface area contributed by atoms with Crippen molar-refractivity contribution in [2.45, 2.75) is 26.8 Å². The van der Waals surface area contributed by atoms with Gasteiger partial charge in [0, 0.05) is 24.4 Å². The Morgan fingerprint density at radius 1 is 1.30 bits per heavy atom. The highest BCUT2D eigenvalue weighted by Crippen LogP contribution is 2.18. The summed E-state index contributed by atoms with van der Waals surface area (Å²) in [6.07, 6.45) is 4.61. The Hall–Kier alpha value is -2.43. The van der Waals surface area contributed by atoms with Gasteiger partial charge in [0.15, 0.2) is 5.82 Å². The van der Waals surface area contributed by atoms with Crippen LogP contribution >= 0.6 is 0 Å². The molecule has 0 spiro atoms. The van der Waals surface area contributed by atoms with Crippen molar-refractivity contribution in [2.24, 2.45) is 0 Å². The summed E-state index contributed by atoms with van der Waals surface area (Å²) in [5.41, 5.74) is 2.12. The van der Waals surface area contributed by atoms with Crippen molar-refractivity contribution in [1.29, 1.82) is 0 Å². The lowest BCUT2D eigenvalue weighted by atomic mass is 10.1. The zero-order chi connectivity index (χ0) is 13.9. The molecule has 2 heterocycles. The topological polar surface area (TPSA) is 56.7 Å². The van der Waals surface area contributed by atoms with Crippen LogP contribution in [0.4, 0.5) is 0 Å². The summed E-state index contributed by atoms with van der Waals surface area (Å²) in [4.78, 5) is 8.73. The van der Waals surface area contributed by atoms with Gasteiger partial charge in [0.25, 0.3) is 5.89 Å². The maximum Gasteiger partial charge on any atom is 0.257 e. The van der Waals surface area contributed by atoms with E-state index >= 15 is 0 Å². The molecule has 20 heavy (non-hydrogen) atoms. The van der Waals surface area contributed by atoms with E-state index in [2.05, 4.69) is 22.0 Å². The van der Waals surface area contributed by atoms with Crippen LogP contribution in [0.5, 0.6) is 0 Å². The van der Waals surface area contributed by atoms with Crippen LogP contribution in [0.3, 0.4) is 0 Å². The van der Waals surface area contributed by atoms with Crippen LogP contribution in [0.25, 0.3) is 11.5 Å². The molecule has 1 aromatic carbocycles. The van der Waals surface area contributed by atoms with Crippen molar-refractivity contribution in [2.75, 3.05) is 0 Å². The van der Waals surface area contributed by atoms with Gasteiger partial charge in [-0.05, 0) is 19.1 Å². The zero-order valence-corrected chi connectivity index (χ0v) is 11.6.